The molecule has 1 atom stereocenters. The van der Waals surface area contributed by atoms with Crippen molar-refractivity contribution in [1.29, 1.82) is 0 Å². The highest BCUT2D eigenvalue weighted by atomic mass is 32.2. The Hall–Kier alpha value is -2.66. The third-order valence-electron chi connectivity index (χ3n) is 5.46. The van der Waals surface area contributed by atoms with Crippen LogP contribution < -0.4 is 15.4 Å². The third-order valence-corrected chi connectivity index (χ3v) is 6.65. The van der Waals surface area contributed by atoms with E-state index in [1.165, 1.54) is 18.9 Å². The first-order valence-electron chi connectivity index (χ1n) is 10.5. The number of hydrogen-bond acceptors (Lipinski definition) is 6. The molecule has 10 nitrogen and oxygen atoms in total. The van der Waals surface area contributed by atoms with Gasteiger partial charge in [0.2, 0.25) is 27.7 Å². The van der Waals surface area contributed by atoms with Gasteiger partial charge in [-0.3, -0.25) is 14.4 Å². The standard InChI is InChI=1S/C21H32N4O6S/c1-5-6-11-31-17-9-7-16(8-10-17)12-22-18(26)13-23-20(28)21(2)15-25(32(4,29)30)14-19(27)24(21)3/h7-10H,5-6,11-15H2,1-4H3,(H,22,26)(H,23,28)/t21-/m0/s1. The normalized spacial score (nSPS) is 19.5. The number of amides is 3. The van der Waals surface area contributed by atoms with Gasteiger partial charge in [0.15, 0.2) is 0 Å². The third kappa shape index (κ3) is 6.67. The lowest BCUT2D eigenvalue weighted by molar-refractivity contribution is -0.150. The molecule has 11 heteroatoms. The quantitative estimate of drug-likeness (QED) is 0.469. The number of carbonyl (C=O) groups excluding carboxylic acids is 3. The fourth-order valence-electron chi connectivity index (χ4n) is 3.15. The van der Waals surface area contributed by atoms with E-state index in [1.807, 2.05) is 24.3 Å². The van der Waals surface area contributed by atoms with Crippen LogP contribution in [0.3, 0.4) is 0 Å². The van der Waals surface area contributed by atoms with Crippen molar-refractivity contribution >= 4 is 27.7 Å². The van der Waals surface area contributed by atoms with E-state index in [0.717, 1.165) is 34.7 Å². The number of rotatable bonds is 10. The molecular formula is C21H32N4O6S. The summed E-state index contributed by atoms with van der Waals surface area (Å²) in [6, 6.07) is 7.37. The number of sulfonamides is 1. The van der Waals surface area contributed by atoms with Crippen LogP contribution in [-0.2, 0) is 31.0 Å². The minimum absolute atomic E-state index is 0.186. The van der Waals surface area contributed by atoms with Gasteiger partial charge in [0, 0.05) is 20.1 Å². The number of likely N-dealkylation sites (N-methyl/N-ethyl adjacent to an activating group) is 1. The second-order valence-corrected chi connectivity index (χ2v) is 10.0. The average Bonchev–Trinajstić information content (AvgIpc) is 2.74. The Morgan fingerprint density at radius 2 is 1.84 bits per heavy atom. The summed E-state index contributed by atoms with van der Waals surface area (Å²) in [5.74, 6) is -0.741. The van der Waals surface area contributed by atoms with Crippen molar-refractivity contribution in [2.75, 3.05) is 39.5 Å². The first-order chi connectivity index (χ1) is 15.0. The highest BCUT2D eigenvalue weighted by Crippen LogP contribution is 2.22. The van der Waals surface area contributed by atoms with Gasteiger partial charge in [0.05, 0.1) is 26.0 Å². The lowest BCUT2D eigenvalue weighted by atomic mass is 9.96. The van der Waals surface area contributed by atoms with E-state index < -0.39 is 33.3 Å². The molecule has 0 radical (unpaired) electrons. The van der Waals surface area contributed by atoms with Gasteiger partial charge in [-0.1, -0.05) is 25.5 Å². The molecule has 32 heavy (non-hydrogen) atoms. The molecule has 2 rings (SSSR count). The maximum Gasteiger partial charge on any atom is 0.247 e. The summed E-state index contributed by atoms with van der Waals surface area (Å²) in [5, 5.41) is 5.22. The van der Waals surface area contributed by atoms with Crippen LogP contribution in [0.2, 0.25) is 0 Å². The monoisotopic (exact) mass is 468 g/mol. The van der Waals surface area contributed by atoms with Crippen molar-refractivity contribution in [2.45, 2.75) is 38.8 Å². The van der Waals surface area contributed by atoms with Crippen LogP contribution in [0.4, 0.5) is 0 Å². The van der Waals surface area contributed by atoms with Crippen molar-refractivity contribution in [3.63, 3.8) is 0 Å². The van der Waals surface area contributed by atoms with E-state index in [9.17, 15) is 22.8 Å². The molecule has 0 spiro atoms. The van der Waals surface area contributed by atoms with E-state index in [1.54, 1.807) is 0 Å². The van der Waals surface area contributed by atoms with E-state index in [0.29, 0.717) is 6.61 Å². The number of piperazine rings is 1. The van der Waals surface area contributed by atoms with Crippen LogP contribution in [0.15, 0.2) is 24.3 Å². The lowest BCUT2D eigenvalue weighted by Gasteiger charge is -2.44. The topological polar surface area (TPSA) is 125 Å². The Kier molecular flexibility index (Phi) is 8.62. The van der Waals surface area contributed by atoms with Gasteiger partial charge in [-0.25, -0.2) is 8.42 Å². The molecule has 0 saturated carbocycles. The largest absolute Gasteiger partial charge is 0.494 e. The Morgan fingerprint density at radius 1 is 1.19 bits per heavy atom. The van der Waals surface area contributed by atoms with Gasteiger partial charge < -0.3 is 20.3 Å². The average molecular weight is 469 g/mol. The smallest absolute Gasteiger partial charge is 0.247 e. The molecule has 1 aliphatic rings. The van der Waals surface area contributed by atoms with Gasteiger partial charge in [-0.15, -0.1) is 0 Å². The fourth-order valence-corrected chi connectivity index (χ4v) is 3.98. The van der Waals surface area contributed by atoms with Gasteiger partial charge in [-0.05, 0) is 31.0 Å². The molecule has 1 aliphatic heterocycles. The lowest BCUT2D eigenvalue weighted by Crippen LogP contribution is -2.68. The molecule has 1 saturated heterocycles. The summed E-state index contributed by atoms with van der Waals surface area (Å²) >= 11 is 0. The molecule has 1 aromatic carbocycles. The number of unbranched alkanes of at least 4 members (excludes halogenated alkanes) is 1. The molecule has 1 heterocycles. The zero-order valence-corrected chi connectivity index (χ0v) is 19.8. The van der Waals surface area contributed by atoms with Gasteiger partial charge in [0.1, 0.15) is 11.3 Å². The molecule has 0 aliphatic carbocycles. The SMILES string of the molecule is CCCCOc1ccc(CNC(=O)CNC(=O)[C@]2(C)CN(S(C)(=O)=O)CC(=O)N2C)cc1. The van der Waals surface area contributed by atoms with Crippen molar-refractivity contribution in [2.24, 2.45) is 0 Å². The van der Waals surface area contributed by atoms with Crippen molar-refractivity contribution in [3.05, 3.63) is 29.8 Å². The number of benzene rings is 1. The highest BCUT2D eigenvalue weighted by Gasteiger charge is 2.47. The maximum absolute atomic E-state index is 12.8. The minimum atomic E-state index is -3.65. The number of ether oxygens (including phenoxy) is 1. The zero-order valence-electron chi connectivity index (χ0n) is 19.0. The van der Waals surface area contributed by atoms with E-state index in [4.69, 9.17) is 4.74 Å². The molecule has 1 aromatic rings. The van der Waals surface area contributed by atoms with Crippen molar-refractivity contribution in [3.8, 4) is 5.75 Å². The second kappa shape index (κ2) is 10.8. The Labute approximate surface area is 189 Å². The van der Waals surface area contributed by atoms with Crippen LogP contribution >= 0.6 is 0 Å². The van der Waals surface area contributed by atoms with E-state index >= 15 is 0 Å². The van der Waals surface area contributed by atoms with Gasteiger partial charge in [-0.2, -0.15) is 4.31 Å². The van der Waals surface area contributed by atoms with Gasteiger partial charge >= 0.3 is 0 Å². The molecule has 1 fully saturated rings. The number of nitrogens with one attached hydrogen (secondary N) is 2. The molecule has 0 aromatic heterocycles. The molecule has 0 unspecified atom stereocenters. The predicted octanol–water partition coefficient (Wildman–Crippen LogP) is 0.0902. The van der Waals surface area contributed by atoms with Crippen LogP contribution in [0.1, 0.15) is 32.3 Å². The number of carbonyl (C=O) groups is 3. The summed E-state index contributed by atoms with van der Waals surface area (Å²) in [4.78, 5) is 38.4. The zero-order chi connectivity index (χ0) is 23.9. The van der Waals surface area contributed by atoms with Crippen LogP contribution in [0, 0.1) is 0 Å². The molecule has 0 bridgehead atoms. The number of hydrogen-bond donors (Lipinski definition) is 2. The Balaban J connectivity index is 1.86. The number of nitrogens with zero attached hydrogens (tertiary/aromatic N) is 2. The van der Waals surface area contributed by atoms with Gasteiger partial charge in [0.25, 0.3) is 0 Å². The van der Waals surface area contributed by atoms with E-state index in [2.05, 4.69) is 17.6 Å². The maximum atomic E-state index is 12.8. The molecular weight excluding hydrogens is 436 g/mol. The van der Waals surface area contributed by atoms with Crippen molar-refractivity contribution in [1.82, 2.24) is 19.8 Å². The molecule has 2 N–H and O–H groups in total. The summed E-state index contributed by atoms with van der Waals surface area (Å²) in [7, 11) is -2.21. The fraction of sp³-hybridized carbons (Fsp3) is 0.571. The van der Waals surface area contributed by atoms with Crippen molar-refractivity contribution < 1.29 is 27.5 Å². The minimum Gasteiger partial charge on any atom is -0.494 e. The summed E-state index contributed by atoms with van der Waals surface area (Å²) in [6.45, 7) is 3.70. The van der Waals surface area contributed by atoms with Crippen LogP contribution in [0.25, 0.3) is 0 Å². The summed E-state index contributed by atoms with van der Waals surface area (Å²) in [5.41, 5.74) is -0.548. The second-order valence-electron chi connectivity index (χ2n) is 8.06. The van der Waals surface area contributed by atoms with E-state index in [-0.39, 0.29) is 26.2 Å². The Morgan fingerprint density at radius 3 is 2.44 bits per heavy atom. The predicted molar refractivity (Wildman–Crippen MR) is 119 cm³/mol. The summed E-state index contributed by atoms with van der Waals surface area (Å²) in [6.07, 6.45) is 3.03. The molecule has 178 valence electrons. The first-order valence-corrected chi connectivity index (χ1v) is 12.3. The Bertz CT molecular complexity index is 934. The highest BCUT2D eigenvalue weighted by molar-refractivity contribution is 7.88. The van der Waals surface area contributed by atoms with Crippen LogP contribution in [-0.4, -0.2) is 80.4 Å². The van der Waals surface area contributed by atoms with Crippen LogP contribution in [0.5, 0.6) is 5.75 Å². The first kappa shape index (κ1) is 25.6. The molecule has 3 amide bonds. The summed E-state index contributed by atoms with van der Waals surface area (Å²) < 4.78 is 30.3.